The molecule has 1 aliphatic heterocycles. The van der Waals surface area contributed by atoms with E-state index in [-0.39, 0.29) is 0 Å². The fourth-order valence-corrected chi connectivity index (χ4v) is 7.55. The molecule has 2 aromatic heterocycles. The van der Waals surface area contributed by atoms with Crippen molar-refractivity contribution in [2.24, 2.45) is 0 Å². The number of benzene rings is 2. The zero-order valence-electron chi connectivity index (χ0n) is 20.3. The van der Waals surface area contributed by atoms with Gasteiger partial charge in [0.1, 0.15) is 0 Å². The summed E-state index contributed by atoms with van der Waals surface area (Å²) in [6.07, 6.45) is 0. The Labute approximate surface area is 200 Å². The Morgan fingerprint density at radius 3 is 1.31 bits per heavy atom. The summed E-state index contributed by atoms with van der Waals surface area (Å²) >= 11 is 3.97. The van der Waals surface area contributed by atoms with E-state index in [4.69, 9.17) is 0 Å². The molecule has 3 heterocycles. The number of fused-ring (bicyclic) bond motifs is 2. The van der Waals surface area contributed by atoms with Gasteiger partial charge < -0.3 is 0 Å². The van der Waals surface area contributed by atoms with Crippen LogP contribution in [0.1, 0.15) is 43.1 Å². The zero-order valence-corrected chi connectivity index (χ0v) is 21.9. The monoisotopic (exact) mass is 462 g/mol. The Bertz CT molecular complexity index is 1200. The first kappa shape index (κ1) is 22.1. The molecule has 2 aromatic carbocycles. The van der Waals surface area contributed by atoms with Crippen LogP contribution in [-0.2, 0) is 13.1 Å². The maximum Gasteiger partial charge on any atom is 0.0351 e. The molecule has 5 rings (SSSR count). The third-order valence-electron chi connectivity index (χ3n) is 7.66. The van der Waals surface area contributed by atoms with Crippen LogP contribution in [0, 0.1) is 41.5 Å². The summed E-state index contributed by atoms with van der Waals surface area (Å²) in [7, 11) is 0. The third kappa shape index (κ3) is 4.03. The first-order valence-corrected chi connectivity index (χ1v) is 13.4. The average molecular weight is 463 g/mol. The van der Waals surface area contributed by atoms with E-state index in [1.807, 2.05) is 22.7 Å². The number of rotatable bonds is 4. The van der Waals surface area contributed by atoms with Gasteiger partial charge in [-0.2, -0.15) is 0 Å². The molecule has 0 radical (unpaired) electrons. The summed E-state index contributed by atoms with van der Waals surface area (Å²) in [6.45, 7) is 20.3. The van der Waals surface area contributed by atoms with E-state index in [1.54, 1.807) is 0 Å². The van der Waals surface area contributed by atoms with Gasteiger partial charge in [0.2, 0.25) is 0 Å². The largest absolute Gasteiger partial charge is 0.296 e. The smallest absolute Gasteiger partial charge is 0.0351 e. The average Bonchev–Trinajstić information content (AvgIpc) is 3.35. The maximum absolute atomic E-state index is 2.64. The fourth-order valence-electron chi connectivity index (χ4n) is 5.02. The normalized spacial score (nSPS) is 15.9. The van der Waals surface area contributed by atoms with Crippen molar-refractivity contribution in [3.63, 3.8) is 0 Å². The summed E-state index contributed by atoms with van der Waals surface area (Å²) in [5, 5.41) is 2.91. The van der Waals surface area contributed by atoms with Crippen molar-refractivity contribution in [2.75, 3.05) is 26.2 Å². The van der Waals surface area contributed by atoms with Gasteiger partial charge in [-0.25, -0.2) is 0 Å². The molecule has 1 aliphatic rings. The molecule has 4 heteroatoms. The highest BCUT2D eigenvalue weighted by molar-refractivity contribution is 7.19. The Hall–Kier alpha value is -1.72. The van der Waals surface area contributed by atoms with Gasteiger partial charge in [-0.3, -0.25) is 9.80 Å². The summed E-state index contributed by atoms with van der Waals surface area (Å²) < 4.78 is 2.90. The SMILES string of the molecule is Cc1cc2sc(CN3CCN(Cc4cc5c(C)c(C)c(C)cc5s4)CC3)cc2c(C)c1C. The molecule has 0 amide bonds. The summed E-state index contributed by atoms with van der Waals surface area (Å²) in [4.78, 5) is 8.29. The summed E-state index contributed by atoms with van der Waals surface area (Å²) in [6, 6.07) is 9.63. The molecule has 168 valence electrons. The van der Waals surface area contributed by atoms with Crippen molar-refractivity contribution >= 4 is 42.8 Å². The molecule has 4 aromatic rings. The van der Waals surface area contributed by atoms with Gasteiger partial charge in [0, 0.05) is 58.4 Å². The van der Waals surface area contributed by atoms with E-state index in [0.29, 0.717) is 0 Å². The van der Waals surface area contributed by atoms with Gasteiger partial charge in [0.05, 0.1) is 0 Å². The van der Waals surface area contributed by atoms with Crippen molar-refractivity contribution in [3.8, 4) is 0 Å². The van der Waals surface area contributed by atoms with Crippen LogP contribution in [0.15, 0.2) is 24.3 Å². The zero-order chi connectivity index (χ0) is 22.6. The molecule has 0 N–H and O–H groups in total. The predicted octanol–water partition coefficient (Wildman–Crippen LogP) is 7.28. The fraction of sp³-hybridized carbons (Fsp3) is 0.429. The second-order valence-corrected chi connectivity index (χ2v) is 12.0. The van der Waals surface area contributed by atoms with Crippen molar-refractivity contribution in [1.29, 1.82) is 0 Å². The number of thiophene rings is 2. The van der Waals surface area contributed by atoms with Crippen molar-refractivity contribution in [1.82, 2.24) is 9.80 Å². The standard InChI is InChI=1S/C28H34N2S2/c1-17-11-27-25(21(5)19(17)3)13-23(31-27)15-29-7-9-30(10-8-29)16-24-14-26-22(6)20(4)18(2)12-28(26)32-24/h11-14H,7-10,15-16H2,1-6H3. The minimum atomic E-state index is 1.09. The number of aryl methyl sites for hydroxylation is 4. The lowest BCUT2D eigenvalue weighted by Crippen LogP contribution is -2.45. The van der Waals surface area contributed by atoms with Crippen LogP contribution in [0.4, 0.5) is 0 Å². The first-order chi connectivity index (χ1) is 15.3. The first-order valence-electron chi connectivity index (χ1n) is 11.7. The van der Waals surface area contributed by atoms with Crippen molar-refractivity contribution in [2.45, 2.75) is 54.6 Å². The summed E-state index contributed by atoms with van der Waals surface area (Å²) in [5.74, 6) is 0. The number of piperazine rings is 1. The Morgan fingerprint density at radius 1 is 0.562 bits per heavy atom. The van der Waals surface area contributed by atoms with E-state index >= 15 is 0 Å². The second kappa shape index (κ2) is 8.57. The van der Waals surface area contributed by atoms with Crippen LogP contribution >= 0.6 is 22.7 Å². The van der Waals surface area contributed by atoms with Gasteiger partial charge in [0.25, 0.3) is 0 Å². The van der Waals surface area contributed by atoms with E-state index in [2.05, 4.69) is 75.6 Å². The van der Waals surface area contributed by atoms with Crippen LogP contribution in [0.25, 0.3) is 20.2 Å². The topological polar surface area (TPSA) is 6.48 Å². The van der Waals surface area contributed by atoms with Crippen LogP contribution < -0.4 is 0 Å². The molecule has 0 unspecified atom stereocenters. The van der Waals surface area contributed by atoms with E-state index in [0.717, 1.165) is 39.3 Å². The molecule has 32 heavy (non-hydrogen) atoms. The molecule has 1 fully saturated rings. The molecule has 1 saturated heterocycles. The van der Waals surface area contributed by atoms with E-state index in [9.17, 15) is 0 Å². The van der Waals surface area contributed by atoms with Crippen LogP contribution in [0.5, 0.6) is 0 Å². The van der Waals surface area contributed by atoms with Crippen molar-refractivity contribution in [3.05, 3.63) is 67.4 Å². The Balaban J connectivity index is 1.23. The van der Waals surface area contributed by atoms with E-state index < -0.39 is 0 Å². The maximum atomic E-state index is 2.64. The molecular weight excluding hydrogens is 428 g/mol. The van der Waals surface area contributed by atoms with Gasteiger partial charge in [0.15, 0.2) is 0 Å². The quantitative estimate of drug-likeness (QED) is 0.314. The highest BCUT2D eigenvalue weighted by Crippen LogP contribution is 2.34. The molecule has 0 aliphatic carbocycles. The number of hydrogen-bond donors (Lipinski definition) is 0. The van der Waals surface area contributed by atoms with Crippen molar-refractivity contribution < 1.29 is 0 Å². The van der Waals surface area contributed by atoms with Gasteiger partial charge in [-0.1, -0.05) is 0 Å². The summed E-state index contributed by atoms with van der Waals surface area (Å²) in [5.41, 5.74) is 8.62. The molecule has 0 spiro atoms. The predicted molar refractivity (Wildman–Crippen MR) is 143 cm³/mol. The second-order valence-electron chi connectivity index (χ2n) is 9.69. The van der Waals surface area contributed by atoms with Gasteiger partial charge >= 0.3 is 0 Å². The molecule has 2 nitrogen and oxygen atoms in total. The molecular formula is C28H34N2S2. The van der Waals surface area contributed by atoms with E-state index in [1.165, 1.54) is 63.3 Å². The molecule has 0 atom stereocenters. The highest BCUT2D eigenvalue weighted by Gasteiger charge is 2.19. The number of hydrogen-bond acceptors (Lipinski definition) is 4. The lowest BCUT2D eigenvalue weighted by atomic mass is 10.0. The van der Waals surface area contributed by atoms with Crippen LogP contribution in [0.3, 0.4) is 0 Å². The number of nitrogens with zero attached hydrogens (tertiary/aromatic N) is 2. The molecule has 0 bridgehead atoms. The molecule has 0 saturated carbocycles. The highest BCUT2D eigenvalue weighted by atomic mass is 32.1. The lowest BCUT2D eigenvalue weighted by Gasteiger charge is -2.34. The minimum absolute atomic E-state index is 1.09. The van der Waals surface area contributed by atoms with Gasteiger partial charge in [-0.05, 0) is 110 Å². The lowest BCUT2D eigenvalue weighted by molar-refractivity contribution is 0.123. The Kier molecular flexibility index (Phi) is 5.91. The van der Waals surface area contributed by atoms with Gasteiger partial charge in [-0.15, -0.1) is 22.7 Å². The minimum Gasteiger partial charge on any atom is -0.296 e. The Morgan fingerprint density at radius 2 is 0.938 bits per heavy atom. The third-order valence-corrected chi connectivity index (χ3v) is 9.79. The van der Waals surface area contributed by atoms with Crippen LogP contribution in [0.2, 0.25) is 0 Å². The van der Waals surface area contributed by atoms with Crippen LogP contribution in [-0.4, -0.2) is 36.0 Å².